The number of thioether (sulfide) groups is 1. The second kappa shape index (κ2) is 8.81. The maximum absolute atomic E-state index is 11.9. The van der Waals surface area contributed by atoms with Gasteiger partial charge < -0.3 is 10.1 Å². The lowest BCUT2D eigenvalue weighted by Crippen LogP contribution is -2.50. The van der Waals surface area contributed by atoms with Gasteiger partial charge in [0.1, 0.15) is 5.54 Å². The third-order valence-electron chi connectivity index (χ3n) is 2.87. The summed E-state index contributed by atoms with van der Waals surface area (Å²) in [6.45, 7) is 8.57. The number of likely N-dealkylation sites (N-methyl/N-ethyl adjacent to an activating group) is 1. The zero-order valence-electron chi connectivity index (χ0n) is 11.8. The van der Waals surface area contributed by atoms with E-state index in [1.807, 2.05) is 32.7 Å². The van der Waals surface area contributed by atoms with E-state index < -0.39 is 5.54 Å². The van der Waals surface area contributed by atoms with Gasteiger partial charge >= 0.3 is 5.97 Å². The molecule has 102 valence electrons. The fourth-order valence-corrected chi connectivity index (χ4v) is 2.95. The number of hydrogen-bond acceptors (Lipinski definition) is 4. The van der Waals surface area contributed by atoms with E-state index in [1.54, 1.807) is 0 Å². The minimum Gasteiger partial charge on any atom is -0.465 e. The molecule has 0 spiro atoms. The largest absolute Gasteiger partial charge is 0.465 e. The van der Waals surface area contributed by atoms with Crippen LogP contribution in [-0.4, -0.2) is 36.2 Å². The lowest BCUT2D eigenvalue weighted by Gasteiger charge is -2.29. The van der Waals surface area contributed by atoms with E-state index in [4.69, 9.17) is 4.74 Å². The highest BCUT2D eigenvalue weighted by Crippen LogP contribution is 2.23. The summed E-state index contributed by atoms with van der Waals surface area (Å²) in [6, 6.07) is 0. The van der Waals surface area contributed by atoms with Crippen LogP contribution in [0.5, 0.6) is 0 Å². The number of nitrogens with one attached hydrogen (secondary N) is 1. The predicted molar refractivity (Wildman–Crippen MR) is 75.5 cm³/mol. The first-order chi connectivity index (χ1) is 8.00. The molecule has 0 bridgehead atoms. The number of carbonyl (C=O) groups excluding carboxylic acids is 1. The van der Waals surface area contributed by atoms with Gasteiger partial charge in [0, 0.05) is 5.25 Å². The molecule has 0 aromatic carbocycles. The molecule has 0 aromatic heterocycles. The van der Waals surface area contributed by atoms with Crippen molar-refractivity contribution in [3.05, 3.63) is 0 Å². The van der Waals surface area contributed by atoms with Crippen molar-refractivity contribution in [2.75, 3.05) is 19.4 Å². The number of carbonyl (C=O) groups is 1. The van der Waals surface area contributed by atoms with Crippen molar-refractivity contribution in [1.29, 1.82) is 0 Å². The van der Waals surface area contributed by atoms with E-state index in [-0.39, 0.29) is 5.97 Å². The van der Waals surface area contributed by atoms with Crippen LogP contribution in [0.15, 0.2) is 0 Å². The Balaban J connectivity index is 4.21. The summed E-state index contributed by atoms with van der Waals surface area (Å²) in [4.78, 5) is 11.9. The first kappa shape index (κ1) is 16.8. The van der Waals surface area contributed by atoms with Crippen molar-refractivity contribution in [3.8, 4) is 0 Å². The molecule has 2 unspecified atom stereocenters. The summed E-state index contributed by atoms with van der Waals surface area (Å²) in [5.41, 5.74) is -0.561. The van der Waals surface area contributed by atoms with E-state index in [9.17, 15) is 4.79 Å². The second-order valence-electron chi connectivity index (χ2n) is 4.54. The van der Waals surface area contributed by atoms with Crippen LogP contribution < -0.4 is 5.32 Å². The fourth-order valence-electron chi connectivity index (χ4n) is 1.64. The van der Waals surface area contributed by atoms with Gasteiger partial charge in [0.2, 0.25) is 0 Å². The number of rotatable bonds is 9. The molecule has 3 nitrogen and oxygen atoms in total. The zero-order valence-corrected chi connectivity index (χ0v) is 12.7. The number of hydrogen-bond donors (Lipinski definition) is 1. The molecule has 0 aromatic rings. The Kier molecular flexibility index (Phi) is 8.70. The minimum absolute atomic E-state index is 0.148. The van der Waals surface area contributed by atoms with Crippen LogP contribution in [0.2, 0.25) is 0 Å². The van der Waals surface area contributed by atoms with E-state index in [1.165, 1.54) is 18.6 Å². The van der Waals surface area contributed by atoms with Gasteiger partial charge in [-0.2, -0.15) is 11.8 Å². The lowest BCUT2D eigenvalue weighted by molar-refractivity contribution is -0.150. The van der Waals surface area contributed by atoms with Gasteiger partial charge in [0.05, 0.1) is 6.61 Å². The van der Waals surface area contributed by atoms with E-state index >= 15 is 0 Å². The molecule has 4 heteroatoms. The van der Waals surface area contributed by atoms with Crippen LogP contribution >= 0.6 is 11.8 Å². The summed E-state index contributed by atoms with van der Waals surface area (Å²) < 4.78 is 5.11. The summed E-state index contributed by atoms with van der Waals surface area (Å²) >= 11 is 1.93. The van der Waals surface area contributed by atoms with Gasteiger partial charge in [-0.3, -0.25) is 4.79 Å². The Bertz CT molecular complexity index is 223. The van der Waals surface area contributed by atoms with Gasteiger partial charge in [0.25, 0.3) is 0 Å². The minimum atomic E-state index is -0.561. The van der Waals surface area contributed by atoms with E-state index in [2.05, 4.69) is 19.2 Å². The Hall–Kier alpha value is -0.220. The van der Waals surface area contributed by atoms with Crippen LogP contribution in [0.4, 0.5) is 0 Å². The van der Waals surface area contributed by atoms with Gasteiger partial charge in [0.15, 0.2) is 0 Å². The Labute approximate surface area is 110 Å². The van der Waals surface area contributed by atoms with Crippen molar-refractivity contribution in [3.63, 3.8) is 0 Å². The van der Waals surface area contributed by atoms with Crippen LogP contribution in [0.25, 0.3) is 0 Å². The quantitative estimate of drug-likeness (QED) is 0.511. The molecule has 0 aliphatic carbocycles. The van der Waals surface area contributed by atoms with Gasteiger partial charge in [-0.25, -0.2) is 0 Å². The molecule has 1 N–H and O–H groups in total. The summed E-state index contributed by atoms with van der Waals surface area (Å²) in [5.74, 6) is 1.02. The highest BCUT2D eigenvalue weighted by atomic mass is 32.2. The summed E-state index contributed by atoms with van der Waals surface area (Å²) in [5, 5.41) is 3.56. The highest BCUT2D eigenvalue weighted by molar-refractivity contribution is 7.99. The van der Waals surface area contributed by atoms with Crippen molar-refractivity contribution in [2.24, 2.45) is 0 Å². The molecule has 0 aliphatic rings. The lowest BCUT2D eigenvalue weighted by atomic mass is 9.96. The molecule has 0 saturated carbocycles. The first-order valence-electron chi connectivity index (χ1n) is 6.47. The Morgan fingerprint density at radius 3 is 2.59 bits per heavy atom. The third-order valence-corrected chi connectivity index (χ3v) is 4.13. The Morgan fingerprint density at radius 1 is 1.47 bits per heavy atom. The normalized spacial score (nSPS) is 16.3. The average molecular weight is 261 g/mol. The molecule has 0 aliphatic heterocycles. The highest BCUT2D eigenvalue weighted by Gasteiger charge is 2.34. The first-order valence-corrected chi connectivity index (χ1v) is 7.52. The number of esters is 1. The van der Waals surface area contributed by atoms with Crippen LogP contribution in [0, 0.1) is 0 Å². The third kappa shape index (κ3) is 6.32. The van der Waals surface area contributed by atoms with Gasteiger partial charge in [-0.15, -0.1) is 0 Å². The molecule has 0 fully saturated rings. The van der Waals surface area contributed by atoms with Gasteiger partial charge in [-0.05, 0) is 39.5 Å². The number of ether oxygens (including phenoxy) is 1. The fraction of sp³-hybridized carbons (Fsp3) is 0.923. The molecule has 2 atom stereocenters. The van der Waals surface area contributed by atoms with E-state index in [0.29, 0.717) is 11.9 Å². The van der Waals surface area contributed by atoms with Crippen molar-refractivity contribution in [2.45, 2.75) is 57.7 Å². The molecular formula is C13H27NO2S. The summed E-state index contributed by atoms with van der Waals surface area (Å²) in [7, 11) is 1.82. The van der Waals surface area contributed by atoms with Crippen LogP contribution in [-0.2, 0) is 9.53 Å². The van der Waals surface area contributed by atoms with Crippen LogP contribution in [0.3, 0.4) is 0 Å². The standard InChI is InChI=1S/C13H27NO2S/c1-6-8-9-17-11(3)10-13(4,14-5)12(15)16-7-2/h11,14H,6-10H2,1-5H3. The zero-order chi connectivity index (χ0) is 13.3. The maximum Gasteiger partial charge on any atom is 0.326 e. The molecular weight excluding hydrogens is 234 g/mol. The smallest absolute Gasteiger partial charge is 0.326 e. The predicted octanol–water partition coefficient (Wildman–Crippen LogP) is 2.84. The maximum atomic E-state index is 11.9. The van der Waals surface area contributed by atoms with Crippen molar-refractivity contribution in [1.82, 2.24) is 5.32 Å². The SMILES string of the molecule is CCCCSC(C)CC(C)(NC)C(=O)OCC. The summed E-state index contributed by atoms with van der Waals surface area (Å²) in [6.07, 6.45) is 3.27. The Morgan fingerprint density at radius 2 is 2.12 bits per heavy atom. The topological polar surface area (TPSA) is 38.3 Å². The molecule has 0 radical (unpaired) electrons. The molecule has 17 heavy (non-hydrogen) atoms. The molecule has 0 heterocycles. The van der Waals surface area contributed by atoms with E-state index in [0.717, 1.165) is 6.42 Å². The average Bonchev–Trinajstić information content (AvgIpc) is 2.29. The van der Waals surface area contributed by atoms with Crippen molar-refractivity contribution < 1.29 is 9.53 Å². The van der Waals surface area contributed by atoms with Crippen molar-refractivity contribution >= 4 is 17.7 Å². The van der Waals surface area contributed by atoms with Gasteiger partial charge in [-0.1, -0.05) is 20.3 Å². The number of unbranched alkanes of at least 4 members (excludes halogenated alkanes) is 1. The van der Waals surface area contributed by atoms with Crippen LogP contribution in [0.1, 0.15) is 47.0 Å². The monoisotopic (exact) mass is 261 g/mol. The second-order valence-corrected chi connectivity index (χ2v) is 6.09. The molecule has 0 amide bonds. The molecule has 0 saturated heterocycles. The molecule has 0 rings (SSSR count).